The van der Waals surface area contributed by atoms with Crippen LogP contribution in [0.15, 0.2) is 67.0 Å². The van der Waals surface area contributed by atoms with E-state index in [1.807, 2.05) is 41.3 Å². The van der Waals surface area contributed by atoms with Crippen molar-refractivity contribution in [2.75, 3.05) is 25.5 Å². The van der Waals surface area contributed by atoms with Crippen molar-refractivity contribution in [1.82, 2.24) is 19.5 Å². The molecule has 1 saturated heterocycles. The van der Waals surface area contributed by atoms with E-state index in [1.165, 1.54) is 22.5 Å². The lowest BCUT2D eigenvalue weighted by Gasteiger charge is -2.32. The third-order valence-electron chi connectivity index (χ3n) is 6.40. The van der Waals surface area contributed by atoms with Gasteiger partial charge in [0.05, 0.1) is 19.0 Å². The first-order chi connectivity index (χ1) is 17.1. The van der Waals surface area contributed by atoms with E-state index in [1.54, 1.807) is 13.2 Å². The molecule has 0 unspecified atom stereocenters. The number of benzene rings is 2. The molecule has 4 aromatic rings. The number of nitrogens with zero attached hydrogens (tertiary/aromatic N) is 4. The Morgan fingerprint density at radius 2 is 1.71 bits per heavy atom. The number of carboxylic acids is 1. The van der Waals surface area contributed by atoms with Gasteiger partial charge in [-0.1, -0.05) is 42.5 Å². The number of nitrogens with one attached hydrogen (secondary N) is 1. The van der Waals surface area contributed by atoms with Crippen LogP contribution in [0.5, 0.6) is 5.75 Å². The van der Waals surface area contributed by atoms with Crippen molar-refractivity contribution in [1.29, 1.82) is 0 Å². The van der Waals surface area contributed by atoms with Crippen molar-refractivity contribution in [2.45, 2.75) is 18.8 Å². The number of amides is 1. The van der Waals surface area contributed by atoms with E-state index in [2.05, 4.69) is 27.5 Å². The minimum Gasteiger partial charge on any atom is -0.495 e. The van der Waals surface area contributed by atoms with E-state index < -0.39 is 5.97 Å². The number of methoxy groups -OCH3 is 1. The fourth-order valence-corrected chi connectivity index (χ4v) is 4.55. The van der Waals surface area contributed by atoms with Gasteiger partial charge in [-0.25, -0.2) is 9.78 Å². The van der Waals surface area contributed by atoms with Crippen molar-refractivity contribution in [2.24, 2.45) is 0 Å². The third kappa shape index (κ3) is 4.28. The molecule has 0 radical (unpaired) electrons. The first-order valence-corrected chi connectivity index (χ1v) is 11.4. The maximum absolute atomic E-state index is 13.7. The Morgan fingerprint density at radius 1 is 1.00 bits per heavy atom. The van der Waals surface area contributed by atoms with Gasteiger partial charge < -0.3 is 20.1 Å². The van der Waals surface area contributed by atoms with Gasteiger partial charge in [-0.05, 0) is 36.5 Å². The number of aromatic carboxylic acids is 1. The van der Waals surface area contributed by atoms with E-state index in [9.17, 15) is 14.7 Å². The highest BCUT2D eigenvalue weighted by Crippen LogP contribution is 2.32. The number of likely N-dealkylation sites (tertiary alicyclic amines) is 1. The number of fused-ring (bicyclic) bond motifs is 1. The van der Waals surface area contributed by atoms with Crippen LogP contribution >= 0.6 is 0 Å². The second kappa shape index (κ2) is 9.46. The summed E-state index contributed by atoms with van der Waals surface area (Å²) in [5.74, 6) is -0.00269. The second-order valence-corrected chi connectivity index (χ2v) is 8.42. The number of carboxylic acid groups (broad SMARTS) is 1. The van der Waals surface area contributed by atoms with Crippen LogP contribution in [0.4, 0.5) is 11.5 Å². The molecule has 0 bridgehead atoms. The Hall–Kier alpha value is -4.40. The highest BCUT2D eigenvalue weighted by Gasteiger charge is 2.28. The normalized spacial score (nSPS) is 14.1. The molecular formula is C26H25N5O4. The lowest BCUT2D eigenvalue weighted by molar-refractivity contribution is 0.0695. The van der Waals surface area contributed by atoms with Crippen LogP contribution in [0, 0.1) is 0 Å². The highest BCUT2D eigenvalue weighted by molar-refractivity contribution is 6.01. The first kappa shape index (κ1) is 22.4. The summed E-state index contributed by atoms with van der Waals surface area (Å²) in [6.45, 7) is 1.23. The Kier molecular flexibility index (Phi) is 6.05. The second-order valence-electron chi connectivity index (χ2n) is 8.42. The maximum atomic E-state index is 13.7. The van der Waals surface area contributed by atoms with Gasteiger partial charge in [0.25, 0.3) is 5.91 Å². The van der Waals surface area contributed by atoms with E-state index in [-0.39, 0.29) is 17.1 Å². The summed E-state index contributed by atoms with van der Waals surface area (Å²) in [6.07, 6.45) is 4.39. The number of hydrogen-bond donors (Lipinski definition) is 2. The fraction of sp³-hybridized carbons (Fsp3) is 0.231. The molecule has 5 rings (SSSR count). The van der Waals surface area contributed by atoms with E-state index in [4.69, 9.17) is 4.74 Å². The molecule has 0 atom stereocenters. The number of piperidine rings is 1. The minimum absolute atomic E-state index is 0.0456. The third-order valence-corrected chi connectivity index (χ3v) is 6.40. The predicted octanol–water partition coefficient (Wildman–Crippen LogP) is 4.20. The van der Waals surface area contributed by atoms with Crippen molar-refractivity contribution in [3.05, 3.63) is 83.7 Å². The van der Waals surface area contributed by atoms with Gasteiger partial charge >= 0.3 is 5.97 Å². The van der Waals surface area contributed by atoms with Gasteiger partial charge in [-0.3, -0.25) is 4.79 Å². The molecule has 9 nitrogen and oxygen atoms in total. The Bertz CT molecular complexity index is 1380. The zero-order chi connectivity index (χ0) is 24.4. The van der Waals surface area contributed by atoms with Gasteiger partial charge in [0.15, 0.2) is 5.65 Å². The van der Waals surface area contributed by atoms with Gasteiger partial charge in [0.1, 0.15) is 22.7 Å². The number of rotatable bonds is 6. The van der Waals surface area contributed by atoms with Crippen LogP contribution in [0.3, 0.4) is 0 Å². The van der Waals surface area contributed by atoms with Crippen molar-refractivity contribution < 1.29 is 19.4 Å². The Morgan fingerprint density at radius 3 is 2.43 bits per heavy atom. The van der Waals surface area contributed by atoms with Crippen LogP contribution in [-0.4, -0.2) is 56.7 Å². The van der Waals surface area contributed by atoms with Crippen molar-refractivity contribution in [3.63, 3.8) is 0 Å². The Labute approximate surface area is 202 Å². The molecule has 2 N–H and O–H groups in total. The molecule has 0 spiro atoms. The lowest BCUT2D eigenvalue weighted by Crippen LogP contribution is -2.38. The minimum atomic E-state index is -1.14. The van der Waals surface area contributed by atoms with Gasteiger partial charge in [0, 0.05) is 19.3 Å². The summed E-state index contributed by atoms with van der Waals surface area (Å²) in [5, 5.41) is 17.0. The smallest absolute Gasteiger partial charge is 0.341 e. The number of hydrogen-bond acceptors (Lipinski definition) is 6. The van der Waals surface area contributed by atoms with Crippen molar-refractivity contribution >= 4 is 29.0 Å². The highest BCUT2D eigenvalue weighted by atomic mass is 16.5. The average Bonchev–Trinajstić information content (AvgIpc) is 3.34. The monoisotopic (exact) mass is 471 g/mol. The number of carbonyl (C=O) groups is 2. The van der Waals surface area contributed by atoms with Crippen LogP contribution in [0.25, 0.3) is 5.65 Å². The average molecular weight is 472 g/mol. The number of para-hydroxylation sites is 2. The Balaban J connectivity index is 1.49. The van der Waals surface area contributed by atoms with Crippen molar-refractivity contribution in [3.8, 4) is 5.75 Å². The molecule has 3 heterocycles. The van der Waals surface area contributed by atoms with Gasteiger partial charge in [-0.15, -0.1) is 0 Å². The SMILES string of the molecule is COc1ccccc1Nc1c(C(=O)N2CCC(c3ccccc3)CC2)cnc2c(C(=O)O)cnn12. The van der Waals surface area contributed by atoms with E-state index in [0.717, 1.165) is 12.8 Å². The fourth-order valence-electron chi connectivity index (χ4n) is 4.55. The molecule has 1 fully saturated rings. The first-order valence-electron chi connectivity index (χ1n) is 11.4. The number of anilines is 2. The summed E-state index contributed by atoms with van der Waals surface area (Å²) in [5.41, 5.74) is 2.32. The maximum Gasteiger partial charge on any atom is 0.341 e. The van der Waals surface area contributed by atoms with Crippen LogP contribution in [0.1, 0.15) is 45.0 Å². The number of carbonyl (C=O) groups excluding carboxylic acids is 1. The molecular weight excluding hydrogens is 446 g/mol. The zero-order valence-electron chi connectivity index (χ0n) is 19.2. The molecule has 1 aliphatic heterocycles. The number of ether oxygens (including phenoxy) is 1. The zero-order valence-corrected chi connectivity index (χ0v) is 19.2. The molecule has 1 amide bonds. The standard InChI is InChI=1S/C26H25N5O4/c1-35-22-10-6-5-9-21(22)29-24-19(15-27-23-20(26(33)34)16-28-31(23)24)25(32)30-13-11-18(12-14-30)17-7-3-2-4-8-17/h2-10,15-16,18,29H,11-14H2,1H3,(H,33,34). The molecule has 0 saturated carbocycles. The summed E-state index contributed by atoms with van der Waals surface area (Å²) in [4.78, 5) is 31.4. The summed E-state index contributed by atoms with van der Waals surface area (Å²) >= 11 is 0. The summed E-state index contributed by atoms with van der Waals surface area (Å²) in [7, 11) is 1.56. The molecule has 1 aliphatic rings. The molecule has 0 aliphatic carbocycles. The largest absolute Gasteiger partial charge is 0.495 e. The van der Waals surface area contributed by atoms with Gasteiger partial charge in [0.2, 0.25) is 0 Å². The molecule has 2 aromatic carbocycles. The molecule has 2 aromatic heterocycles. The quantitative estimate of drug-likeness (QED) is 0.434. The van der Waals surface area contributed by atoms with E-state index >= 15 is 0 Å². The summed E-state index contributed by atoms with van der Waals surface area (Å²) in [6, 6.07) is 17.6. The number of aromatic nitrogens is 3. The molecule has 35 heavy (non-hydrogen) atoms. The molecule has 178 valence electrons. The van der Waals surface area contributed by atoms with Gasteiger partial charge in [-0.2, -0.15) is 9.61 Å². The topological polar surface area (TPSA) is 109 Å². The van der Waals surface area contributed by atoms with Crippen LogP contribution < -0.4 is 10.1 Å². The summed E-state index contributed by atoms with van der Waals surface area (Å²) < 4.78 is 6.81. The van der Waals surface area contributed by atoms with E-state index in [0.29, 0.717) is 41.8 Å². The predicted molar refractivity (Wildman–Crippen MR) is 131 cm³/mol. The lowest BCUT2D eigenvalue weighted by atomic mass is 9.89. The molecule has 9 heteroatoms. The van der Waals surface area contributed by atoms with Crippen LogP contribution in [0.2, 0.25) is 0 Å². The van der Waals surface area contributed by atoms with Crippen LogP contribution in [-0.2, 0) is 0 Å².